The van der Waals surface area contributed by atoms with E-state index < -0.39 is 5.97 Å². The molecule has 0 spiro atoms. The van der Waals surface area contributed by atoms with E-state index >= 15 is 0 Å². The van der Waals surface area contributed by atoms with Gasteiger partial charge in [0.05, 0.1) is 0 Å². The number of nitrogens with one attached hydrogen (secondary N) is 1. The molecule has 0 aromatic heterocycles. The van der Waals surface area contributed by atoms with Crippen molar-refractivity contribution in [1.82, 2.24) is 5.32 Å². The van der Waals surface area contributed by atoms with Gasteiger partial charge < -0.3 is 10.4 Å². The van der Waals surface area contributed by atoms with Crippen LogP contribution in [0.25, 0.3) is 0 Å². The van der Waals surface area contributed by atoms with Gasteiger partial charge in [-0.15, -0.1) is 0 Å². The fourth-order valence-electron chi connectivity index (χ4n) is 1.84. The Kier molecular flexibility index (Phi) is 11.5. The van der Waals surface area contributed by atoms with Crippen molar-refractivity contribution in [2.75, 3.05) is 13.1 Å². The fourth-order valence-corrected chi connectivity index (χ4v) is 1.84. The van der Waals surface area contributed by atoms with Crippen LogP contribution < -0.4 is 5.32 Å². The molecule has 0 fully saturated rings. The van der Waals surface area contributed by atoms with Gasteiger partial charge in [0.1, 0.15) is 0 Å². The maximum Gasteiger partial charge on any atom is 0.303 e. The molecule has 17 heavy (non-hydrogen) atoms. The van der Waals surface area contributed by atoms with E-state index in [1.165, 1.54) is 32.1 Å². The SMILES string of the molecule is CCCCCCCNCCC(C)CCC(=O)O. The number of carbonyl (C=O) groups is 1. The summed E-state index contributed by atoms with van der Waals surface area (Å²) in [6.45, 7) is 6.49. The molecule has 0 rings (SSSR count). The van der Waals surface area contributed by atoms with Crippen molar-refractivity contribution in [2.45, 2.75) is 65.2 Å². The Hall–Kier alpha value is -0.570. The van der Waals surface area contributed by atoms with Gasteiger partial charge in [0.15, 0.2) is 0 Å². The third-order valence-electron chi connectivity index (χ3n) is 3.12. The number of carboxylic acid groups (broad SMARTS) is 1. The van der Waals surface area contributed by atoms with Crippen LogP contribution in [0.4, 0.5) is 0 Å². The van der Waals surface area contributed by atoms with Crippen molar-refractivity contribution in [1.29, 1.82) is 0 Å². The van der Waals surface area contributed by atoms with Crippen LogP contribution in [0.1, 0.15) is 65.2 Å². The summed E-state index contributed by atoms with van der Waals surface area (Å²) in [4.78, 5) is 10.4. The molecule has 102 valence electrons. The van der Waals surface area contributed by atoms with Gasteiger partial charge in [-0.05, 0) is 38.3 Å². The first kappa shape index (κ1) is 16.4. The second kappa shape index (κ2) is 11.9. The number of carboxylic acids is 1. The van der Waals surface area contributed by atoms with Crippen LogP contribution in [-0.4, -0.2) is 24.2 Å². The summed E-state index contributed by atoms with van der Waals surface area (Å²) >= 11 is 0. The standard InChI is InChI=1S/C14H29NO2/c1-3-4-5-6-7-11-15-12-10-13(2)8-9-14(16)17/h13,15H,3-12H2,1-2H3,(H,16,17). The van der Waals surface area contributed by atoms with Crippen LogP contribution in [-0.2, 0) is 4.79 Å². The second-order valence-corrected chi connectivity index (χ2v) is 4.99. The van der Waals surface area contributed by atoms with Gasteiger partial charge in [0.2, 0.25) is 0 Å². The van der Waals surface area contributed by atoms with Gasteiger partial charge in [0.25, 0.3) is 0 Å². The lowest BCUT2D eigenvalue weighted by molar-refractivity contribution is -0.137. The maximum atomic E-state index is 10.4. The molecule has 1 unspecified atom stereocenters. The number of rotatable bonds is 12. The van der Waals surface area contributed by atoms with Crippen molar-refractivity contribution in [3.8, 4) is 0 Å². The molecule has 0 aromatic carbocycles. The Bertz CT molecular complexity index is 183. The topological polar surface area (TPSA) is 49.3 Å². The molecule has 1 atom stereocenters. The molecule has 0 aliphatic heterocycles. The van der Waals surface area contributed by atoms with Gasteiger partial charge in [-0.2, -0.15) is 0 Å². The van der Waals surface area contributed by atoms with Gasteiger partial charge in [0, 0.05) is 6.42 Å². The summed E-state index contributed by atoms with van der Waals surface area (Å²) in [5.74, 6) is -0.167. The predicted octanol–water partition coefficient (Wildman–Crippen LogP) is 3.44. The Labute approximate surface area is 106 Å². The number of unbranched alkanes of at least 4 members (excludes halogenated alkanes) is 4. The minimum Gasteiger partial charge on any atom is -0.481 e. The Morgan fingerprint density at radius 2 is 1.82 bits per heavy atom. The summed E-state index contributed by atoms with van der Waals surface area (Å²) < 4.78 is 0. The van der Waals surface area contributed by atoms with Gasteiger partial charge >= 0.3 is 5.97 Å². The van der Waals surface area contributed by atoms with Crippen LogP contribution in [0.2, 0.25) is 0 Å². The lowest BCUT2D eigenvalue weighted by Gasteiger charge is -2.10. The van der Waals surface area contributed by atoms with Crippen LogP contribution in [0, 0.1) is 5.92 Å². The molecule has 2 N–H and O–H groups in total. The van der Waals surface area contributed by atoms with Gasteiger partial charge in [-0.1, -0.05) is 39.5 Å². The van der Waals surface area contributed by atoms with Crippen LogP contribution in [0.3, 0.4) is 0 Å². The molecular formula is C14H29NO2. The van der Waals surface area contributed by atoms with E-state index in [-0.39, 0.29) is 0 Å². The lowest BCUT2D eigenvalue weighted by atomic mass is 10.0. The third-order valence-corrected chi connectivity index (χ3v) is 3.12. The van der Waals surface area contributed by atoms with Crippen molar-refractivity contribution in [3.63, 3.8) is 0 Å². The van der Waals surface area contributed by atoms with Crippen LogP contribution in [0.5, 0.6) is 0 Å². The molecule has 0 amide bonds. The highest BCUT2D eigenvalue weighted by Gasteiger charge is 2.04. The minimum atomic E-state index is -0.680. The minimum absolute atomic E-state index is 0.304. The van der Waals surface area contributed by atoms with Gasteiger partial charge in [-0.3, -0.25) is 4.79 Å². The van der Waals surface area contributed by atoms with E-state index in [0.717, 1.165) is 25.9 Å². The summed E-state index contributed by atoms with van der Waals surface area (Å²) in [7, 11) is 0. The molecule has 0 saturated heterocycles. The molecule has 3 heteroatoms. The smallest absolute Gasteiger partial charge is 0.303 e. The van der Waals surface area contributed by atoms with Crippen molar-refractivity contribution < 1.29 is 9.90 Å². The van der Waals surface area contributed by atoms with E-state index in [1.54, 1.807) is 0 Å². The van der Waals surface area contributed by atoms with Crippen molar-refractivity contribution >= 4 is 5.97 Å². The third kappa shape index (κ3) is 13.4. The average Bonchev–Trinajstić information content (AvgIpc) is 2.30. The quantitative estimate of drug-likeness (QED) is 0.516. The molecule has 0 aliphatic carbocycles. The molecule has 3 nitrogen and oxygen atoms in total. The van der Waals surface area contributed by atoms with E-state index in [9.17, 15) is 4.79 Å². The van der Waals surface area contributed by atoms with Crippen LogP contribution >= 0.6 is 0 Å². The first-order chi connectivity index (χ1) is 8.16. The molecular weight excluding hydrogens is 214 g/mol. The number of hydrogen-bond donors (Lipinski definition) is 2. The second-order valence-electron chi connectivity index (χ2n) is 4.99. The summed E-state index contributed by atoms with van der Waals surface area (Å²) in [5, 5.41) is 12.0. The molecule has 0 aliphatic rings. The number of hydrogen-bond acceptors (Lipinski definition) is 2. The van der Waals surface area contributed by atoms with E-state index in [2.05, 4.69) is 19.2 Å². The van der Waals surface area contributed by atoms with Crippen molar-refractivity contribution in [2.24, 2.45) is 5.92 Å². The fraction of sp³-hybridized carbons (Fsp3) is 0.929. The zero-order chi connectivity index (χ0) is 12.9. The first-order valence-corrected chi connectivity index (χ1v) is 7.09. The van der Waals surface area contributed by atoms with E-state index in [0.29, 0.717) is 12.3 Å². The summed E-state index contributed by atoms with van der Waals surface area (Å²) in [6.07, 6.45) is 8.79. The summed E-state index contributed by atoms with van der Waals surface area (Å²) in [5.41, 5.74) is 0. The zero-order valence-electron chi connectivity index (χ0n) is 11.5. The van der Waals surface area contributed by atoms with E-state index in [4.69, 9.17) is 5.11 Å². The Balaban J connectivity index is 3.13. The molecule has 0 radical (unpaired) electrons. The largest absolute Gasteiger partial charge is 0.481 e. The highest BCUT2D eigenvalue weighted by Crippen LogP contribution is 2.09. The van der Waals surface area contributed by atoms with Gasteiger partial charge in [-0.25, -0.2) is 0 Å². The lowest BCUT2D eigenvalue weighted by Crippen LogP contribution is -2.19. The average molecular weight is 243 g/mol. The molecule has 0 aromatic rings. The molecule has 0 heterocycles. The monoisotopic (exact) mass is 243 g/mol. The maximum absolute atomic E-state index is 10.4. The molecule has 0 saturated carbocycles. The van der Waals surface area contributed by atoms with E-state index in [1.807, 2.05) is 0 Å². The normalized spacial score (nSPS) is 12.6. The number of aliphatic carboxylic acids is 1. The van der Waals surface area contributed by atoms with Crippen LogP contribution in [0.15, 0.2) is 0 Å². The highest BCUT2D eigenvalue weighted by atomic mass is 16.4. The highest BCUT2D eigenvalue weighted by molar-refractivity contribution is 5.66. The predicted molar refractivity (Wildman–Crippen MR) is 72.3 cm³/mol. The summed E-state index contributed by atoms with van der Waals surface area (Å²) in [6, 6.07) is 0. The zero-order valence-corrected chi connectivity index (χ0v) is 11.5. The molecule has 0 bridgehead atoms. The van der Waals surface area contributed by atoms with Crippen molar-refractivity contribution in [3.05, 3.63) is 0 Å². The Morgan fingerprint density at radius 3 is 2.47 bits per heavy atom. The Morgan fingerprint density at radius 1 is 1.12 bits per heavy atom. The first-order valence-electron chi connectivity index (χ1n) is 7.09.